The topological polar surface area (TPSA) is 110 Å². The van der Waals surface area contributed by atoms with Crippen LogP contribution in [0.3, 0.4) is 0 Å². The molecule has 17 heavy (non-hydrogen) atoms. The first-order chi connectivity index (χ1) is 7.93. The van der Waals surface area contributed by atoms with Crippen molar-refractivity contribution in [3.8, 4) is 0 Å². The molecule has 1 heterocycles. The summed E-state index contributed by atoms with van der Waals surface area (Å²) >= 11 is 0. The van der Waals surface area contributed by atoms with E-state index in [1.54, 1.807) is 6.92 Å². The van der Waals surface area contributed by atoms with Gasteiger partial charge in [0.05, 0.1) is 0 Å². The average molecular weight is 242 g/mol. The van der Waals surface area contributed by atoms with Gasteiger partial charge in [0.25, 0.3) is 0 Å². The molecule has 1 rings (SSSR count). The zero-order valence-corrected chi connectivity index (χ0v) is 9.58. The summed E-state index contributed by atoms with van der Waals surface area (Å²) in [7, 11) is 0. The second-order valence-corrected chi connectivity index (χ2v) is 3.59. The molecule has 0 saturated carbocycles. The minimum absolute atomic E-state index is 0.0905. The number of imidazole rings is 1. The molecular formula is C9H14N4O4. The highest BCUT2D eigenvalue weighted by Gasteiger charge is 2.17. The number of carboxylic acid groups (broad SMARTS) is 1. The number of nitro groups is 1. The van der Waals surface area contributed by atoms with Crippen LogP contribution in [0.5, 0.6) is 0 Å². The highest BCUT2D eigenvalue weighted by atomic mass is 16.6. The molecule has 0 aliphatic heterocycles. The fourth-order valence-corrected chi connectivity index (χ4v) is 1.36. The predicted octanol–water partition coefficient (Wildman–Crippen LogP) is 0.162. The molecule has 1 atom stereocenters. The SMILES string of the molecule is Cc1ncc([N+](=O)[O-])n1CCNC(C)C(=O)O. The van der Waals surface area contributed by atoms with Crippen LogP contribution in [-0.4, -0.2) is 38.1 Å². The van der Waals surface area contributed by atoms with Crippen LogP contribution in [0.25, 0.3) is 0 Å². The van der Waals surface area contributed by atoms with Gasteiger partial charge in [-0.1, -0.05) is 0 Å². The van der Waals surface area contributed by atoms with Gasteiger partial charge in [-0.25, -0.2) is 9.55 Å². The Balaban J connectivity index is 2.60. The third kappa shape index (κ3) is 3.25. The van der Waals surface area contributed by atoms with Crippen molar-refractivity contribution in [2.45, 2.75) is 26.4 Å². The van der Waals surface area contributed by atoms with Crippen LogP contribution in [-0.2, 0) is 11.3 Å². The molecule has 0 aliphatic carbocycles. The molecule has 2 N–H and O–H groups in total. The highest BCUT2D eigenvalue weighted by molar-refractivity contribution is 5.72. The molecule has 0 fully saturated rings. The monoisotopic (exact) mass is 242 g/mol. The maximum absolute atomic E-state index is 10.7. The van der Waals surface area contributed by atoms with E-state index in [9.17, 15) is 14.9 Å². The van der Waals surface area contributed by atoms with Gasteiger partial charge in [0.15, 0.2) is 5.82 Å². The van der Waals surface area contributed by atoms with Crippen molar-refractivity contribution in [2.24, 2.45) is 0 Å². The molecular weight excluding hydrogens is 228 g/mol. The summed E-state index contributed by atoms with van der Waals surface area (Å²) in [4.78, 5) is 24.5. The molecule has 0 saturated heterocycles. The summed E-state index contributed by atoms with van der Waals surface area (Å²) in [5.74, 6) is -0.518. The van der Waals surface area contributed by atoms with Gasteiger partial charge in [-0.15, -0.1) is 0 Å². The maximum Gasteiger partial charge on any atom is 0.342 e. The highest BCUT2D eigenvalue weighted by Crippen LogP contribution is 2.12. The van der Waals surface area contributed by atoms with Crippen molar-refractivity contribution < 1.29 is 14.8 Å². The van der Waals surface area contributed by atoms with E-state index in [1.807, 2.05) is 0 Å². The zero-order chi connectivity index (χ0) is 13.0. The second-order valence-electron chi connectivity index (χ2n) is 3.59. The van der Waals surface area contributed by atoms with Gasteiger partial charge in [-0.05, 0) is 11.8 Å². The number of rotatable bonds is 6. The quantitative estimate of drug-likeness (QED) is 0.543. The van der Waals surface area contributed by atoms with Crippen molar-refractivity contribution in [3.05, 3.63) is 22.1 Å². The van der Waals surface area contributed by atoms with Gasteiger partial charge >= 0.3 is 11.8 Å². The van der Waals surface area contributed by atoms with Crippen molar-refractivity contribution in [1.29, 1.82) is 0 Å². The average Bonchev–Trinajstić information content (AvgIpc) is 2.60. The normalized spacial score (nSPS) is 12.4. The first-order valence-electron chi connectivity index (χ1n) is 5.06. The summed E-state index contributed by atoms with van der Waals surface area (Å²) in [5.41, 5.74) is 0. The van der Waals surface area contributed by atoms with Crippen LogP contribution >= 0.6 is 0 Å². The number of aryl methyl sites for hydroxylation is 1. The van der Waals surface area contributed by atoms with Crippen LogP contribution in [0.2, 0.25) is 0 Å². The Morgan fingerprint density at radius 3 is 2.94 bits per heavy atom. The Morgan fingerprint density at radius 1 is 1.76 bits per heavy atom. The molecule has 94 valence electrons. The smallest absolute Gasteiger partial charge is 0.342 e. The van der Waals surface area contributed by atoms with Gasteiger partial charge in [-0.2, -0.15) is 0 Å². The van der Waals surface area contributed by atoms with Gasteiger partial charge in [0, 0.05) is 13.5 Å². The number of carbonyl (C=O) groups is 1. The first-order valence-corrected chi connectivity index (χ1v) is 5.06. The molecule has 0 aliphatic rings. The number of nitrogens with zero attached hydrogens (tertiary/aromatic N) is 3. The van der Waals surface area contributed by atoms with E-state index in [0.29, 0.717) is 18.9 Å². The molecule has 1 unspecified atom stereocenters. The third-order valence-electron chi connectivity index (χ3n) is 2.38. The Hall–Kier alpha value is -1.96. The molecule has 8 heteroatoms. The van der Waals surface area contributed by atoms with E-state index in [0.717, 1.165) is 0 Å². The van der Waals surface area contributed by atoms with E-state index in [2.05, 4.69) is 10.3 Å². The van der Waals surface area contributed by atoms with E-state index >= 15 is 0 Å². The Bertz CT molecular complexity index is 429. The molecule has 0 aromatic carbocycles. The lowest BCUT2D eigenvalue weighted by molar-refractivity contribution is -0.392. The number of aliphatic carboxylic acids is 1. The van der Waals surface area contributed by atoms with Gasteiger partial charge < -0.3 is 20.5 Å². The summed E-state index contributed by atoms with van der Waals surface area (Å²) in [6.07, 6.45) is 1.19. The number of hydrogen-bond donors (Lipinski definition) is 2. The van der Waals surface area contributed by atoms with Crippen LogP contribution in [0.4, 0.5) is 5.82 Å². The largest absolute Gasteiger partial charge is 0.480 e. The van der Waals surface area contributed by atoms with Crippen LogP contribution < -0.4 is 5.32 Å². The Labute approximate surface area is 97.4 Å². The molecule has 1 aromatic heterocycles. The molecule has 0 amide bonds. The van der Waals surface area contributed by atoms with Gasteiger partial charge in [0.2, 0.25) is 0 Å². The van der Waals surface area contributed by atoms with Gasteiger partial charge in [0.1, 0.15) is 18.8 Å². The van der Waals surface area contributed by atoms with E-state index < -0.39 is 16.9 Å². The lowest BCUT2D eigenvalue weighted by atomic mass is 10.3. The summed E-state index contributed by atoms with van der Waals surface area (Å²) < 4.78 is 1.43. The van der Waals surface area contributed by atoms with Gasteiger partial charge in [-0.3, -0.25) is 4.79 Å². The van der Waals surface area contributed by atoms with Crippen LogP contribution in [0.15, 0.2) is 6.20 Å². The van der Waals surface area contributed by atoms with Crippen LogP contribution in [0.1, 0.15) is 12.7 Å². The molecule has 0 bridgehead atoms. The number of aromatic nitrogens is 2. The lowest BCUT2D eigenvalue weighted by Crippen LogP contribution is -2.35. The molecule has 8 nitrogen and oxygen atoms in total. The minimum atomic E-state index is -0.957. The van der Waals surface area contributed by atoms with E-state index in [-0.39, 0.29) is 5.82 Å². The van der Waals surface area contributed by atoms with Crippen molar-refractivity contribution >= 4 is 11.8 Å². The second kappa shape index (κ2) is 5.39. The summed E-state index contributed by atoms with van der Waals surface area (Å²) in [5, 5.41) is 22.1. The minimum Gasteiger partial charge on any atom is -0.480 e. The number of nitrogens with one attached hydrogen (secondary N) is 1. The van der Waals surface area contributed by atoms with E-state index in [1.165, 1.54) is 17.7 Å². The molecule has 1 aromatic rings. The number of carboxylic acids is 1. The molecule has 0 radical (unpaired) electrons. The fourth-order valence-electron chi connectivity index (χ4n) is 1.36. The van der Waals surface area contributed by atoms with E-state index in [4.69, 9.17) is 5.11 Å². The Kier molecular flexibility index (Phi) is 4.16. The lowest BCUT2D eigenvalue weighted by Gasteiger charge is -2.08. The summed E-state index contributed by atoms with van der Waals surface area (Å²) in [6.45, 7) is 3.80. The maximum atomic E-state index is 10.7. The zero-order valence-electron chi connectivity index (χ0n) is 9.58. The fraction of sp³-hybridized carbons (Fsp3) is 0.556. The summed E-state index contributed by atoms with van der Waals surface area (Å²) in [6, 6.07) is -0.683. The first kappa shape index (κ1) is 13.1. The van der Waals surface area contributed by atoms with Crippen molar-refractivity contribution in [2.75, 3.05) is 6.54 Å². The third-order valence-corrected chi connectivity index (χ3v) is 2.38. The predicted molar refractivity (Wildman–Crippen MR) is 58.7 cm³/mol. The van der Waals surface area contributed by atoms with Crippen molar-refractivity contribution in [3.63, 3.8) is 0 Å². The van der Waals surface area contributed by atoms with Crippen molar-refractivity contribution in [1.82, 2.24) is 14.9 Å². The Morgan fingerprint density at radius 2 is 2.41 bits per heavy atom. The molecule has 0 spiro atoms. The number of hydrogen-bond acceptors (Lipinski definition) is 5. The standard InChI is InChI=1S/C9H14N4O4/c1-6(9(14)15)10-3-4-12-7(2)11-5-8(12)13(16)17/h5-6,10H,3-4H2,1-2H3,(H,14,15). The van der Waals surface area contributed by atoms with Crippen LogP contribution in [0, 0.1) is 17.0 Å².